The summed E-state index contributed by atoms with van der Waals surface area (Å²) < 4.78 is 5.22. The third-order valence-electron chi connectivity index (χ3n) is 2.96. The van der Waals surface area contributed by atoms with E-state index in [2.05, 4.69) is 10.6 Å². The molecule has 1 unspecified atom stereocenters. The van der Waals surface area contributed by atoms with Crippen molar-refractivity contribution >= 4 is 29.3 Å². The number of halogens is 1. The van der Waals surface area contributed by atoms with Crippen LogP contribution < -0.4 is 10.6 Å². The van der Waals surface area contributed by atoms with Crippen LogP contribution in [-0.4, -0.2) is 23.6 Å². The molecule has 1 heterocycles. The van der Waals surface area contributed by atoms with Crippen molar-refractivity contribution in [2.24, 2.45) is 0 Å². The first-order chi connectivity index (χ1) is 9.73. The molecular weight excluding hydrogens is 292 g/mol. The number of ether oxygens (including phenoxy) is 1. The standard InChI is InChI=1S/C15H19ClN2O3/c1-15(2,3)21-14(20)17-11-7-9-6-10(16)4-5-12(9)18-13(19)8-11/h4-6,11H,7-8H2,1-3H3,(H,17,20)(H,18,19). The van der Waals surface area contributed by atoms with Gasteiger partial charge in [0.2, 0.25) is 5.91 Å². The summed E-state index contributed by atoms with van der Waals surface area (Å²) in [5.74, 6) is -0.142. The first-order valence-electron chi connectivity index (χ1n) is 6.81. The van der Waals surface area contributed by atoms with Crippen LogP contribution in [0.15, 0.2) is 18.2 Å². The highest BCUT2D eigenvalue weighted by Gasteiger charge is 2.25. The number of anilines is 1. The molecule has 5 nitrogen and oxygen atoms in total. The van der Waals surface area contributed by atoms with E-state index in [0.717, 1.165) is 11.3 Å². The Morgan fingerprint density at radius 2 is 2.10 bits per heavy atom. The Balaban J connectivity index is 2.11. The van der Waals surface area contributed by atoms with Crippen LogP contribution in [0.3, 0.4) is 0 Å². The molecule has 114 valence electrons. The van der Waals surface area contributed by atoms with E-state index in [0.29, 0.717) is 11.4 Å². The molecule has 1 aromatic rings. The first kappa shape index (κ1) is 15.6. The minimum Gasteiger partial charge on any atom is -0.444 e. The van der Waals surface area contributed by atoms with Crippen LogP contribution in [0.25, 0.3) is 0 Å². The number of carbonyl (C=O) groups is 2. The summed E-state index contributed by atoms with van der Waals surface area (Å²) in [4.78, 5) is 23.7. The third kappa shape index (κ3) is 4.63. The minimum atomic E-state index is -0.571. The number of hydrogen-bond donors (Lipinski definition) is 2. The lowest BCUT2D eigenvalue weighted by Gasteiger charge is -2.22. The topological polar surface area (TPSA) is 67.4 Å². The maximum absolute atomic E-state index is 11.9. The molecule has 1 aliphatic heterocycles. The summed E-state index contributed by atoms with van der Waals surface area (Å²) in [7, 11) is 0. The molecule has 2 rings (SSSR count). The largest absolute Gasteiger partial charge is 0.444 e. The van der Waals surface area contributed by atoms with Gasteiger partial charge in [-0.1, -0.05) is 11.6 Å². The number of rotatable bonds is 1. The highest BCUT2D eigenvalue weighted by atomic mass is 35.5. The maximum Gasteiger partial charge on any atom is 0.407 e. The molecule has 0 radical (unpaired) electrons. The van der Waals surface area contributed by atoms with Crippen LogP contribution in [0.4, 0.5) is 10.5 Å². The normalized spacial score (nSPS) is 18.3. The van der Waals surface area contributed by atoms with E-state index in [1.54, 1.807) is 39.0 Å². The molecule has 1 aliphatic rings. The highest BCUT2D eigenvalue weighted by molar-refractivity contribution is 6.30. The zero-order valence-corrected chi connectivity index (χ0v) is 13.1. The second kappa shape index (κ2) is 5.93. The number of alkyl carbamates (subject to hydrolysis) is 1. The molecule has 0 fully saturated rings. The van der Waals surface area contributed by atoms with Crippen molar-refractivity contribution in [3.63, 3.8) is 0 Å². The molecule has 21 heavy (non-hydrogen) atoms. The van der Waals surface area contributed by atoms with E-state index in [9.17, 15) is 9.59 Å². The average molecular weight is 311 g/mol. The fraction of sp³-hybridized carbons (Fsp3) is 0.467. The quantitative estimate of drug-likeness (QED) is 0.837. The molecular formula is C15H19ClN2O3. The van der Waals surface area contributed by atoms with Gasteiger partial charge in [-0.2, -0.15) is 0 Å². The van der Waals surface area contributed by atoms with Gasteiger partial charge >= 0.3 is 6.09 Å². The van der Waals surface area contributed by atoms with E-state index in [1.165, 1.54) is 0 Å². The lowest BCUT2D eigenvalue weighted by molar-refractivity contribution is -0.116. The SMILES string of the molecule is CC(C)(C)OC(=O)NC1CC(=O)Nc2ccc(Cl)cc2C1. The number of nitrogens with one attached hydrogen (secondary N) is 2. The van der Waals surface area contributed by atoms with Gasteiger partial charge in [0.1, 0.15) is 5.60 Å². The molecule has 1 aromatic carbocycles. The molecule has 2 N–H and O–H groups in total. The van der Waals surface area contributed by atoms with Crippen molar-refractivity contribution in [1.29, 1.82) is 0 Å². The molecule has 1 atom stereocenters. The Labute approximate surface area is 129 Å². The zero-order valence-electron chi connectivity index (χ0n) is 12.3. The zero-order chi connectivity index (χ0) is 15.6. The van der Waals surface area contributed by atoms with Crippen molar-refractivity contribution in [2.75, 3.05) is 5.32 Å². The van der Waals surface area contributed by atoms with Crippen LogP contribution in [-0.2, 0) is 16.0 Å². The van der Waals surface area contributed by atoms with Gasteiger partial charge in [-0.15, -0.1) is 0 Å². The first-order valence-corrected chi connectivity index (χ1v) is 7.18. The second-order valence-electron chi connectivity index (χ2n) is 6.10. The predicted octanol–water partition coefficient (Wildman–Crippen LogP) is 3.12. The summed E-state index contributed by atoms with van der Waals surface area (Å²) >= 11 is 5.98. The monoisotopic (exact) mass is 310 g/mol. The molecule has 0 saturated heterocycles. The second-order valence-corrected chi connectivity index (χ2v) is 6.54. The summed E-state index contributed by atoms with van der Waals surface area (Å²) in [5, 5.41) is 6.15. The summed E-state index contributed by atoms with van der Waals surface area (Å²) in [5.41, 5.74) is 1.06. The van der Waals surface area contributed by atoms with Crippen LogP contribution in [0.2, 0.25) is 5.02 Å². The van der Waals surface area contributed by atoms with Gasteiger partial charge in [0.05, 0.1) is 0 Å². The number of hydrogen-bond acceptors (Lipinski definition) is 3. The van der Waals surface area contributed by atoms with Crippen LogP contribution >= 0.6 is 11.6 Å². The molecule has 0 bridgehead atoms. The van der Waals surface area contributed by atoms with E-state index in [4.69, 9.17) is 16.3 Å². The van der Waals surface area contributed by atoms with Gasteiger partial charge < -0.3 is 15.4 Å². The van der Waals surface area contributed by atoms with Crippen LogP contribution in [0.1, 0.15) is 32.8 Å². The Hall–Kier alpha value is -1.75. The van der Waals surface area contributed by atoms with Gasteiger partial charge in [0.25, 0.3) is 0 Å². The van der Waals surface area contributed by atoms with Crippen molar-refractivity contribution < 1.29 is 14.3 Å². The Morgan fingerprint density at radius 3 is 2.76 bits per heavy atom. The van der Waals surface area contributed by atoms with E-state index in [1.807, 2.05) is 0 Å². The molecule has 2 amide bonds. The van der Waals surface area contributed by atoms with Crippen molar-refractivity contribution in [2.45, 2.75) is 45.3 Å². The minimum absolute atomic E-state index is 0.142. The summed E-state index contributed by atoms with van der Waals surface area (Å²) in [6.45, 7) is 5.38. The van der Waals surface area contributed by atoms with Crippen molar-refractivity contribution in [3.8, 4) is 0 Å². The van der Waals surface area contributed by atoms with Gasteiger partial charge in [0.15, 0.2) is 0 Å². The van der Waals surface area contributed by atoms with Crippen molar-refractivity contribution in [1.82, 2.24) is 5.32 Å². The lowest BCUT2D eigenvalue weighted by atomic mass is 10.0. The van der Waals surface area contributed by atoms with E-state index in [-0.39, 0.29) is 18.4 Å². The van der Waals surface area contributed by atoms with Gasteiger partial charge in [-0.05, 0) is 51.0 Å². The summed E-state index contributed by atoms with van der Waals surface area (Å²) in [6, 6.07) is 4.97. The Morgan fingerprint density at radius 1 is 1.38 bits per heavy atom. The Bertz CT molecular complexity index is 567. The number of amides is 2. The number of benzene rings is 1. The summed E-state index contributed by atoms with van der Waals surface area (Å²) in [6.07, 6.45) is 0.199. The molecule has 0 saturated carbocycles. The number of carbonyl (C=O) groups excluding carboxylic acids is 2. The van der Waals surface area contributed by atoms with Gasteiger partial charge in [0, 0.05) is 23.2 Å². The molecule has 0 spiro atoms. The predicted molar refractivity (Wildman–Crippen MR) is 81.6 cm³/mol. The van der Waals surface area contributed by atoms with Gasteiger partial charge in [-0.3, -0.25) is 4.79 Å². The maximum atomic E-state index is 11.9. The van der Waals surface area contributed by atoms with Crippen LogP contribution in [0, 0.1) is 0 Å². The fourth-order valence-corrected chi connectivity index (χ4v) is 2.39. The molecule has 6 heteroatoms. The smallest absolute Gasteiger partial charge is 0.407 e. The Kier molecular flexibility index (Phi) is 4.42. The van der Waals surface area contributed by atoms with E-state index >= 15 is 0 Å². The molecule has 0 aromatic heterocycles. The van der Waals surface area contributed by atoms with Gasteiger partial charge in [-0.25, -0.2) is 4.79 Å². The molecule has 0 aliphatic carbocycles. The lowest BCUT2D eigenvalue weighted by Crippen LogP contribution is -2.41. The van der Waals surface area contributed by atoms with Crippen molar-refractivity contribution in [3.05, 3.63) is 28.8 Å². The van der Waals surface area contributed by atoms with E-state index < -0.39 is 11.7 Å². The third-order valence-corrected chi connectivity index (χ3v) is 3.20. The van der Waals surface area contributed by atoms with Crippen LogP contribution in [0.5, 0.6) is 0 Å². The highest BCUT2D eigenvalue weighted by Crippen LogP contribution is 2.25. The fourth-order valence-electron chi connectivity index (χ4n) is 2.19. The average Bonchev–Trinajstić information content (AvgIpc) is 2.43. The number of fused-ring (bicyclic) bond motifs is 1.